The molecule has 0 unspecified atom stereocenters. The summed E-state index contributed by atoms with van der Waals surface area (Å²) in [5.41, 5.74) is -2.29. The summed E-state index contributed by atoms with van der Waals surface area (Å²) in [6.07, 6.45) is 1.77. The summed E-state index contributed by atoms with van der Waals surface area (Å²) >= 11 is 6.10. The standard InChI is InChI=1S/C36H37NO8S4/c1-36(2,3)37-30(34(40)44-18-14-26-10-6-22-48-26)28(32(38)42-16-12-24-8-4-20-46-24)29(33(39)43-17-13-25-9-5-21-47-25)31(37)35(41)45-19-15-27-11-7-23-49-27/h4-11,20-23H,12-19H2,1-3H3. The fourth-order valence-corrected chi connectivity index (χ4v) is 7.87. The largest absolute Gasteiger partial charge is 0.462 e. The van der Waals surface area contributed by atoms with Gasteiger partial charge in [0.1, 0.15) is 22.5 Å². The number of aromatic nitrogens is 1. The first-order chi connectivity index (χ1) is 23.6. The zero-order chi connectivity index (χ0) is 34.8. The molecule has 0 fully saturated rings. The van der Waals surface area contributed by atoms with E-state index in [0.717, 1.165) is 19.5 Å². The monoisotopic (exact) mass is 739 g/mol. The Bertz CT molecular complexity index is 1690. The molecule has 258 valence electrons. The Kier molecular flexibility index (Phi) is 12.6. The fourth-order valence-electron chi connectivity index (χ4n) is 5.10. The van der Waals surface area contributed by atoms with Crippen molar-refractivity contribution >= 4 is 69.2 Å². The van der Waals surface area contributed by atoms with Crippen LogP contribution in [0, 0.1) is 0 Å². The molecule has 0 aromatic carbocycles. The Morgan fingerprint density at radius 2 is 0.796 bits per heavy atom. The molecule has 0 aliphatic rings. The van der Waals surface area contributed by atoms with Gasteiger partial charge in [0.05, 0.1) is 26.4 Å². The first-order valence-electron chi connectivity index (χ1n) is 15.7. The van der Waals surface area contributed by atoms with Crippen molar-refractivity contribution in [3.05, 3.63) is 112 Å². The molecule has 13 heteroatoms. The van der Waals surface area contributed by atoms with Crippen molar-refractivity contribution in [3.63, 3.8) is 0 Å². The number of rotatable bonds is 16. The maximum absolute atomic E-state index is 14.0. The maximum Gasteiger partial charge on any atom is 0.355 e. The lowest BCUT2D eigenvalue weighted by atomic mass is 10.1. The van der Waals surface area contributed by atoms with Gasteiger partial charge in [0.25, 0.3) is 0 Å². The van der Waals surface area contributed by atoms with E-state index in [1.807, 2.05) is 70.1 Å². The van der Waals surface area contributed by atoms with Gasteiger partial charge in [-0.1, -0.05) is 24.3 Å². The molecule has 0 amide bonds. The lowest BCUT2D eigenvalue weighted by Gasteiger charge is -2.26. The van der Waals surface area contributed by atoms with Crippen LogP contribution in [0.5, 0.6) is 0 Å². The number of esters is 4. The number of nitrogens with zero attached hydrogens (tertiary/aromatic N) is 1. The average molecular weight is 740 g/mol. The first-order valence-corrected chi connectivity index (χ1v) is 19.2. The molecule has 0 spiro atoms. The highest BCUT2D eigenvalue weighted by atomic mass is 32.1. The van der Waals surface area contributed by atoms with Crippen LogP contribution in [0.15, 0.2) is 70.1 Å². The topological polar surface area (TPSA) is 110 Å². The number of ether oxygens (including phenoxy) is 4. The Morgan fingerprint density at radius 1 is 0.510 bits per heavy atom. The van der Waals surface area contributed by atoms with Gasteiger partial charge in [0, 0.05) is 50.7 Å². The van der Waals surface area contributed by atoms with Crippen LogP contribution >= 0.6 is 45.3 Å². The molecule has 0 saturated carbocycles. The minimum absolute atomic E-state index is 0.0135. The van der Waals surface area contributed by atoms with E-state index in [1.165, 1.54) is 49.9 Å². The molecular weight excluding hydrogens is 703 g/mol. The second-order valence-corrected chi connectivity index (χ2v) is 15.9. The number of hydrogen-bond donors (Lipinski definition) is 0. The van der Waals surface area contributed by atoms with Crippen molar-refractivity contribution in [3.8, 4) is 0 Å². The van der Waals surface area contributed by atoms with Crippen molar-refractivity contribution in [2.24, 2.45) is 0 Å². The van der Waals surface area contributed by atoms with Crippen LogP contribution in [0.4, 0.5) is 0 Å². The Hall–Kier alpha value is -4.04. The lowest BCUT2D eigenvalue weighted by molar-refractivity contribution is 0.0436. The van der Waals surface area contributed by atoms with Gasteiger partial charge in [0.15, 0.2) is 0 Å². The molecular formula is C36H37NO8S4. The zero-order valence-corrected chi connectivity index (χ0v) is 30.7. The van der Waals surface area contributed by atoms with Crippen LogP contribution in [0.25, 0.3) is 0 Å². The van der Waals surface area contributed by atoms with E-state index in [4.69, 9.17) is 18.9 Å². The molecule has 5 aromatic rings. The van der Waals surface area contributed by atoms with Crippen molar-refractivity contribution in [1.82, 2.24) is 4.57 Å². The number of hydrogen-bond acceptors (Lipinski definition) is 12. The van der Waals surface area contributed by atoms with Gasteiger partial charge in [-0.15, -0.1) is 45.3 Å². The third-order valence-corrected chi connectivity index (χ3v) is 11.0. The highest BCUT2D eigenvalue weighted by Crippen LogP contribution is 2.33. The van der Waals surface area contributed by atoms with Gasteiger partial charge >= 0.3 is 23.9 Å². The number of carbonyl (C=O) groups is 4. The second-order valence-electron chi connectivity index (χ2n) is 11.8. The van der Waals surface area contributed by atoms with Crippen molar-refractivity contribution in [2.75, 3.05) is 26.4 Å². The quantitative estimate of drug-likeness (QED) is 0.0738. The summed E-state index contributed by atoms with van der Waals surface area (Å²) in [5, 5.41) is 7.70. The normalized spacial score (nSPS) is 11.3. The summed E-state index contributed by atoms with van der Waals surface area (Å²) in [6, 6.07) is 15.3. The molecule has 0 saturated heterocycles. The Labute approximate surface area is 301 Å². The summed E-state index contributed by atoms with van der Waals surface area (Å²) in [5.74, 6) is -3.63. The van der Waals surface area contributed by atoms with Crippen LogP contribution in [0.3, 0.4) is 0 Å². The minimum Gasteiger partial charge on any atom is -0.462 e. The van der Waals surface area contributed by atoms with Crippen molar-refractivity contribution in [1.29, 1.82) is 0 Å². The van der Waals surface area contributed by atoms with E-state index in [9.17, 15) is 19.2 Å². The van der Waals surface area contributed by atoms with Gasteiger partial charge in [-0.3, -0.25) is 0 Å². The number of thiophene rings is 4. The lowest BCUT2D eigenvalue weighted by Crippen LogP contribution is -2.31. The van der Waals surface area contributed by atoms with E-state index >= 15 is 0 Å². The van der Waals surface area contributed by atoms with Crippen LogP contribution < -0.4 is 0 Å². The highest BCUT2D eigenvalue weighted by Gasteiger charge is 2.42. The smallest absolute Gasteiger partial charge is 0.355 e. The predicted octanol–water partition coefficient (Wildman–Crippen LogP) is 8.09. The molecule has 0 aliphatic heterocycles. The summed E-state index contributed by atoms with van der Waals surface area (Å²) in [6.45, 7) is 5.28. The summed E-state index contributed by atoms with van der Waals surface area (Å²) < 4.78 is 24.2. The highest BCUT2D eigenvalue weighted by molar-refractivity contribution is 7.10. The third kappa shape index (κ3) is 9.56. The third-order valence-electron chi connectivity index (χ3n) is 7.28. The molecule has 0 N–H and O–H groups in total. The van der Waals surface area contributed by atoms with E-state index in [2.05, 4.69) is 0 Å². The van der Waals surface area contributed by atoms with Crippen LogP contribution in [0.2, 0.25) is 0 Å². The van der Waals surface area contributed by atoms with Crippen LogP contribution in [-0.4, -0.2) is 54.9 Å². The molecule has 0 bridgehead atoms. The summed E-state index contributed by atoms with van der Waals surface area (Å²) in [4.78, 5) is 60.1. The van der Waals surface area contributed by atoms with Crippen molar-refractivity contribution in [2.45, 2.75) is 52.0 Å². The fraction of sp³-hybridized carbons (Fsp3) is 0.333. The predicted molar refractivity (Wildman–Crippen MR) is 193 cm³/mol. The van der Waals surface area contributed by atoms with E-state index in [1.54, 1.807) is 20.8 Å². The van der Waals surface area contributed by atoms with Gasteiger partial charge in [-0.25, -0.2) is 19.2 Å². The van der Waals surface area contributed by atoms with Gasteiger partial charge in [-0.2, -0.15) is 0 Å². The molecule has 5 heterocycles. The molecule has 5 aromatic heterocycles. The average Bonchev–Trinajstić information content (AvgIpc) is 3.90. The Balaban J connectivity index is 1.55. The van der Waals surface area contributed by atoms with Crippen molar-refractivity contribution < 1.29 is 38.1 Å². The molecule has 9 nitrogen and oxygen atoms in total. The SMILES string of the molecule is CC(C)(C)n1c(C(=O)OCCc2cccs2)c(C(=O)OCCc2cccs2)c(C(=O)OCCc2cccs2)c1C(=O)OCCc1cccs1. The minimum atomic E-state index is -0.994. The number of carbonyl (C=O) groups excluding carboxylic acids is 4. The van der Waals surface area contributed by atoms with Gasteiger partial charge in [0.2, 0.25) is 0 Å². The zero-order valence-electron chi connectivity index (χ0n) is 27.4. The van der Waals surface area contributed by atoms with Gasteiger partial charge < -0.3 is 23.5 Å². The summed E-state index contributed by atoms with van der Waals surface area (Å²) in [7, 11) is 0. The van der Waals surface area contributed by atoms with Gasteiger partial charge in [-0.05, 0) is 66.6 Å². The molecule has 0 radical (unpaired) electrons. The maximum atomic E-state index is 14.0. The molecule has 49 heavy (non-hydrogen) atoms. The second kappa shape index (κ2) is 17.1. The molecule has 5 rings (SSSR count). The first kappa shape index (κ1) is 36.2. The van der Waals surface area contributed by atoms with Crippen LogP contribution in [-0.2, 0) is 50.2 Å². The van der Waals surface area contributed by atoms with E-state index < -0.39 is 29.4 Å². The molecule has 0 atom stereocenters. The van der Waals surface area contributed by atoms with E-state index in [-0.39, 0.29) is 48.9 Å². The molecule has 0 aliphatic carbocycles. The Morgan fingerprint density at radius 3 is 1.04 bits per heavy atom. The van der Waals surface area contributed by atoms with E-state index in [0.29, 0.717) is 25.7 Å². The van der Waals surface area contributed by atoms with Crippen LogP contribution in [0.1, 0.15) is 82.0 Å².